The summed E-state index contributed by atoms with van der Waals surface area (Å²) < 4.78 is 27.3. The normalized spacial score (nSPS) is 11.5. The van der Waals surface area contributed by atoms with Crippen LogP contribution in [-0.2, 0) is 22.0 Å². The number of hydrogen-bond acceptors (Lipinski definition) is 6. The average Bonchev–Trinajstić information content (AvgIpc) is 3.24. The van der Waals surface area contributed by atoms with E-state index >= 15 is 0 Å². The average molecular weight is 475 g/mol. The van der Waals surface area contributed by atoms with Crippen molar-refractivity contribution >= 4 is 44.0 Å². The fourth-order valence-corrected chi connectivity index (χ4v) is 5.03. The first-order valence-corrected chi connectivity index (χ1v) is 11.9. The standard InChI is InChI=1S/C21H19ClN4O3S2/c1-21(2,13-23)16-6-3-14(4-7-16)12-25-19(27)15-5-8-18(17(22)11-15)31(28,29)26-20-24-9-10-30-20/h3-11H,12H2,1-2H3,(H,24,26)(H,25,27). The van der Waals surface area contributed by atoms with E-state index in [1.54, 1.807) is 5.38 Å². The van der Waals surface area contributed by atoms with Crippen molar-refractivity contribution in [2.24, 2.45) is 0 Å². The quantitative estimate of drug-likeness (QED) is 0.529. The molecule has 2 N–H and O–H groups in total. The third-order valence-electron chi connectivity index (χ3n) is 4.55. The molecule has 3 rings (SSSR count). The van der Waals surface area contributed by atoms with Gasteiger partial charge in [-0.3, -0.25) is 9.52 Å². The summed E-state index contributed by atoms with van der Waals surface area (Å²) in [6.07, 6.45) is 1.48. The molecule has 0 saturated heterocycles. The molecule has 7 nitrogen and oxygen atoms in total. The number of nitriles is 1. The van der Waals surface area contributed by atoms with Crippen molar-refractivity contribution in [3.63, 3.8) is 0 Å². The Labute approximate surface area is 189 Å². The van der Waals surface area contributed by atoms with Crippen molar-refractivity contribution in [2.75, 3.05) is 4.72 Å². The fraction of sp³-hybridized carbons (Fsp3) is 0.190. The van der Waals surface area contributed by atoms with Gasteiger partial charge in [-0.05, 0) is 43.2 Å². The maximum Gasteiger partial charge on any atom is 0.265 e. The Hall–Kier alpha value is -2.93. The lowest BCUT2D eigenvalue weighted by Gasteiger charge is -2.16. The number of aromatic nitrogens is 1. The molecular formula is C21H19ClN4O3S2. The van der Waals surface area contributed by atoms with E-state index in [1.165, 1.54) is 24.4 Å². The number of carbonyl (C=O) groups excluding carboxylic acids is 1. The van der Waals surface area contributed by atoms with E-state index in [4.69, 9.17) is 11.6 Å². The lowest BCUT2D eigenvalue weighted by atomic mass is 9.86. The molecule has 1 aromatic heterocycles. The molecule has 0 aliphatic rings. The Bertz CT molecular complexity index is 1230. The molecule has 160 valence electrons. The van der Waals surface area contributed by atoms with Gasteiger partial charge in [0.05, 0.1) is 16.5 Å². The number of benzene rings is 2. The highest BCUT2D eigenvalue weighted by Crippen LogP contribution is 2.26. The monoisotopic (exact) mass is 474 g/mol. The van der Waals surface area contributed by atoms with Crippen LogP contribution in [0.1, 0.15) is 35.3 Å². The Morgan fingerprint density at radius 2 is 1.94 bits per heavy atom. The summed E-state index contributed by atoms with van der Waals surface area (Å²) in [5, 5.41) is 13.8. The van der Waals surface area contributed by atoms with Gasteiger partial charge in [0.25, 0.3) is 15.9 Å². The number of rotatable bonds is 7. The summed E-state index contributed by atoms with van der Waals surface area (Å²) in [4.78, 5) is 16.2. The second-order valence-corrected chi connectivity index (χ2v) is 10.2. The van der Waals surface area contributed by atoms with Gasteiger partial charge in [-0.15, -0.1) is 11.3 Å². The van der Waals surface area contributed by atoms with Gasteiger partial charge < -0.3 is 5.32 Å². The zero-order chi connectivity index (χ0) is 22.6. The van der Waals surface area contributed by atoms with Crippen molar-refractivity contribution < 1.29 is 13.2 Å². The van der Waals surface area contributed by atoms with Crippen LogP contribution in [-0.4, -0.2) is 19.3 Å². The first kappa shape index (κ1) is 22.7. The Balaban J connectivity index is 1.67. The van der Waals surface area contributed by atoms with Crippen LogP contribution < -0.4 is 10.0 Å². The lowest BCUT2D eigenvalue weighted by molar-refractivity contribution is 0.0951. The van der Waals surface area contributed by atoms with Crippen LogP contribution in [0.5, 0.6) is 0 Å². The number of sulfonamides is 1. The minimum absolute atomic E-state index is 0.0696. The predicted molar refractivity (Wildman–Crippen MR) is 121 cm³/mol. The van der Waals surface area contributed by atoms with E-state index in [-0.39, 0.29) is 33.1 Å². The summed E-state index contributed by atoms with van der Waals surface area (Å²) in [5.74, 6) is -0.389. The van der Waals surface area contributed by atoms with Gasteiger partial charge in [0.15, 0.2) is 5.13 Å². The van der Waals surface area contributed by atoms with Crippen LogP contribution in [0.3, 0.4) is 0 Å². The van der Waals surface area contributed by atoms with Gasteiger partial charge in [0.1, 0.15) is 4.90 Å². The molecule has 3 aromatic rings. The number of anilines is 1. The fourth-order valence-electron chi connectivity index (χ4n) is 2.69. The number of carbonyl (C=O) groups is 1. The first-order chi connectivity index (χ1) is 14.6. The topological polar surface area (TPSA) is 112 Å². The van der Waals surface area contributed by atoms with Gasteiger partial charge in [-0.1, -0.05) is 35.9 Å². The molecule has 10 heteroatoms. The first-order valence-electron chi connectivity index (χ1n) is 9.13. The van der Waals surface area contributed by atoms with Crippen LogP contribution in [0.25, 0.3) is 0 Å². The maximum absolute atomic E-state index is 12.5. The Morgan fingerprint density at radius 1 is 1.23 bits per heavy atom. The van der Waals surface area contributed by atoms with E-state index in [0.29, 0.717) is 0 Å². The molecule has 0 saturated carbocycles. The van der Waals surface area contributed by atoms with Crippen molar-refractivity contribution in [3.05, 3.63) is 75.8 Å². The summed E-state index contributed by atoms with van der Waals surface area (Å²) in [6.45, 7) is 3.95. The molecule has 1 heterocycles. The molecule has 0 aliphatic heterocycles. The number of amides is 1. The Kier molecular flexibility index (Phi) is 6.65. The van der Waals surface area contributed by atoms with Gasteiger partial charge in [-0.2, -0.15) is 5.26 Å². The van der Waals surface area contributed by atoms with Crippen LogP contribution >= 0.6 is 22.9 Å². The largest absolute Gasteiger partial charge is 0.348 e. The molecule has 1 amide bonds. The molecule has 0 aliphatic carbocycles. The summed E-state index contributed by atoms with van der Waals surface area (Å²) in [6, 6.07) is 13.7. The van der Waals surface area contributed by atoms with Gasteiger partial charge >= 0.3 is 0 Å². The molecule has 0 fully saturated rings. The number of nitrogens with zero attached hydrogens (tertiary/aromatic N) is 2. The third kappa shape index (κ3) is 5.41. The molecular weight excluding hydrogens is 456 g/mol. The molecule has 0 spiro atoms. The lowest BCUT2D eigenvalue weighted by Crippen LogP contribution is -2.23. The van der Waals surface area contributed by atoms with Gasteiger partial charge in [-0.25, -0.2) is 13.4 Å². The second kappa shape index (κ2) is 9.06. The number of nitrogens with one attached hydrogen (secondary N) is 2. The molecule has 2 aromatic carbocycles. The molecule has 31 heavy (non-hydrogen) atoms. The summed E-state index contributed by atoms with van der Waals surface area (Å²) >= 11 is 7.29. The third-order valence-corrected chi connectivity index (χ3v) is 7.19. The van der Waals surface area contributed by atoms with Gasteiger partial charge in [0.2, 0.25) is 0 Å². The van der Waals surface area contributed by atoms with Crippen molar-refractivity contribution in [3.8, 4) is 6.07 Å². The maximum atomic E-state index is 12.5. The predicted octanol–water partition coefficient (Wildman–Crippen LogP) is 4.33. The minimum atomic E-state index is -3.92. The minimum Gasteiger partial charge on any atom is -0.348 e. The summed E-state index contributed by atoms with van der Waals surface area (Å²) in [5.41, 5.74) is 1.40. The Morgan fingerprint density at radius 3 is 2.52 bits per heavy atom. The number of thiazole rings is 1. The highest BCUT2D eigenvalue weighted by molar-refractivity contribution is 7.93. The molecule has 0 radical (unpaired) electrons. The van der Waals surface area contributed by atoms with E-state index < -0.39 is 15.4 Å². The second-order valence-electron chi connectivity index (χ2n) is 7.20. The van der Waals surface area contributed by atoms with E-state index in [2.05, 4.69) is 21.1 Å². The zero-order valence-electron chi connectivity index (χ0n) is 16.7. The number of hydrogen-bond donors (Lipinski definition) is 2. The number of halogens is 1. The SMILES string of the molecule is CC(C)(C#N)c1ccc(CNC(=O)c2ccc(S(=O)(=O)Nc3nccs3)c(Cl)c2)cc1. The van der Waals surface area contributed by atoms with Crippen LogP contribution in [0.15, 0.2) is 58.9 Å². The highest BCUT2D eigenvalue weighted by Gasteiger charge is 2.21. The van der Waals surface area contributed by atoms with Crippen LogP contribution in [0.2, 0.25) is 5.02 Å². The van der Waals surface area contributed by atoms with Gasteiger partial charge in [0, 0.05) is 23.7 Å². The highest BCUT2D eigenvalue weighted by atomic mass is 35.5. The van der Waals surface area contributed by atoms with Crippen LogP contribution in [0, 0.1) is 11.3 Å². The molecule has 0 bridgehead atoms. The van der Waals surface area contributed by atoms with Crippen molar-refractivity contribution in [1.29, 1.82) is 5.26 Å². The van der Waals surface area contributed by atoms with Crippen LogP contribution in [0.4, 0.5) is 5.13 Å². The zero-order valence-corrected chi connectivity index (χ0v) is 19.1. The smallest absolute Gasteiger partial charge is 0.265 e. The molecule has 0 atom stereocenters. The van der Waals surface area contributed by atoms with Crippen molar-refractivity contribution in [1.82, 2.24) is 10.3 Å². The molecule has 0 unspecified atom stereocenters. The summed E-state index contributed by atoms with van der Waals surface area (Å²) in [7, 11) is -3.92. The van der Waals surface area contributed by atoms with Crippen molar-refractivity contribution in [2.45, 2.75) is 30.7 Å². The van der Waals surface area contributed by atoms with E-state index in [1.807, 2.05) is 38.1 Å². The van der Waals surface area contributed by atoms with E-state index in [0.717, 1.165) is 22.5 Å². The van der Waals surface area contributed by atoms with E-state index in [9.17, 15) is 18.5 Å².